The summed E-state index contributed by atoms with van der Waals surface area (Å²) in [6.45, 7) is 1.53. The Morgan fingerprint density at radius 3 is 2.38 bits per heavy atom. The molecule has 1 N–H and O–H groups in total. The van der Waals surface area contributed by atoms with Gasteiger partial charge in [0.15, 0.2) is 0 Å². The minimum atomic E-state index is -2.82. The number of thioether (sulfide) groups is 1. The molecule has 0 atom stereocenters. The number of rotatable bonds is 6. The molecule has 1 aliphatic rings. The lowest BCUT2D eigenvalue weighted by atomic mass is 9.88. The van der Waals surface area contributed by atoms with E-state index < -0.39 is 9.84 Å². The molecule has 5 heteroatoms. The van der Waals surface area contributed by atoms with E-state index in [1.165, 1.54) is 38.4 Å². The van der Waals surface area contributed by atoms with Gasteiger partial charge in [-0.1, -0.05) is 19.3 Å². The topological polar surface area (TPSA) is 46.2 Å². The molecule has 0 spiro atoms. The average Bonchev–Trinajstić information content (AvgIpc) is 2.25. The molecule has 0 saturated heterocycles. The lowest BCUT2D eigenvalue weighted by Gasteiger charge is -2.36. The minimum absolute atomic E-state index is 0.247. The zero-order valence-corrected chi connectivity index (χ0v) is 11.9. The van der Waals surface area contributed by atoms with Crippen molar-refractivity contribution in [2.75, 3.05) is 31.4 Å². The Morgan fingerprint density at radius 2 is 1.88 bits per heavy atom. The fraction of sp³-hybridized carbons (Fsp3) is 1.00. The van der Waals surface area contributed by atoms with Gasteiger partial charge in [-0.05, 0) is 19.1 Å². The number of nitrogens with one attached hydrogen (secondary N) is 1. The van der Waals surface area contributed by atoms with Gasteiger partial charge in [-0.3, -0.25) is 0 Å². The summed E-state index contributed by atoms with van der Waals surface area (Å²) in [5.74, 6) is 0.247. The highest BCUT2D eigenvalue weighted by Crippen LogP contribution is 2.37. The highest BCUT2D eigenvalue weighted by molar-refractivity contribution is 8.00. The zero-order chi connectivity index (χ0) is 12.1. The Labute approximate surface area is 104 Å². The van der Waals surface area contributed by atoms with Crippen molar-refractivity contribution in [2.45, 2.75) is 36.9 Å². The van der Waals surface area contributed by atoms with Crippen LogP contribution in [0.5, 0.6) is 0 Å². The number of hydrogen-bond acceptors (Lipinski definition) is 4. The highest BCUT2D eigenvalue weighted by Gasteiger charge is 2.30. The molecule has 0 aromatic carbocycles. The maximum absolute atomic E-state index is 11.0. The molecule has 0 aliphatic heterocycles. The van der Waals surface area contributed by atoms with Gasteiger partial charge in [0.1, 0.15) is 9.84 Å². The number of hydrogen-bond donors (Lipinski definition) is 1. The minimum Gasteiger partial charge on any atom is -0.314 e. The van der Waals surface area contributed by atoms with Crippen LogP contribution < -0.4 is 5.32 Å². The monoisotopic (exact) mass is 265 g/mol. The van der Waals surface area contributed by atoms with Crippen molar-refractivity contribution in [3.8, 4) is 0 Å². The molecule has 16 heavy (non-hydrogen) atoms. The van der Waals surface area contributed by atoms with Gasteiger partial charge >= 0.3 is 0 Å². The molecular weight excluding hydrogens is 242 g/mol. The van der Waals surface area contributed by atoms with Crippen LogP contribution in [0.2, 0.25) is 0 Å². The van der Waals surface area contributed by atoms with E-state index in [4.69, 9.17) is 0 Å². The van der Waals surface area contributed by atoms with Crippen molar-refractivity contribution in [3.05, 3.63) is 0 Å². The van der Waals surface area contributed by atoms with Gasteiger partial charge in [0.2, 0.25) is 0 Å². The average molecular weight is 265 g/mol. The molecule has 96 valence electrons. The van der Waals surface area contributed by atoms with Crippen molar-refractivity contribution >= 4 is 21.6 Å². The van der Waals surface area contributed by atoms with Gasteiger partial charge in [0.05, 0.1) is 5.75 Å². The van der Waals surface area contributed by atoms with Gasteiger partial charge in [0, 0.05) is 24.1 Å². The van der Waals surface area contributed by atoms with Gasteiger partial charge in [-0.25, -0.2) is 8.42 Å². The van der Waals surface area contributed by atoms with E-state index in [1.807, 2.05) is 11.8 Å². The molecule has 1 rings (SSSR count). The summed E-state index contributed by atoms with van der Waals surface area (Å²) in [6.07, 6.45) is 9.97. The highest BCUT2D eigenvalue weighted by atomic mass is 32.2. The van der Waals surface area contributed by atoms with E-state index in [-0.39, 0.29) is 5.75 Å². The van der Waals surface area contributed by atoms with Gasteiger partial charge in [-0.2, -0.15) is 11.8 Å². The van der Waals surface area contributed by atoms with Gasteiger partial charge in [-0.15, -0.1) is 0 Å². The molecule has 0 radical (unpaired) electrons. The van der Waals surface area contributed by atoms with E-state index in [0.717, 1.165) is 6.54 Å². The Kier molecular flexibility index (Phi) is 5.61. The first-order chi connectivity index (χ1) is 7.47. The normalized spacial score (nSPS) is 20.9. The zero-order valence-electron chi connectivity index (χ0n) is 10.3. The Balaban J connectivity index is 2.28. The third kappa shape index (κ3) is 5.06. The predicted octanol–water partition coefficient (Wildman–Crippen LogP) is 1.69. The maximum Gasteiger partial charge on any atom is 0.148 e. The fourth-order valence-corrected chi connectivity index (χ4v) is 3.68. The summed E-state index contributed by atoms with van der Waals surface area (Å²) in [4.78, 5) is 0. The summed E-state index contributed by atoms with van der Waals surface area (Å²) in [5.41, 5.74) is 0. The molecule has 1 saturated carbocycles. The molecular formula is C11H23NO2S2. The van der Waals surface area contributed by atoms with E-state index in [9.17, 15) is 8.42 Å². The second kappa shape index (κ2) is 6.26. The lowest BCUT2D eigenvalue weighted by molar-refractivity contribution is 0.382. The quantitative estimate of drug-likeness (QED) is 0.742. The van der Waals surface area contributed by atoms with Crippen LogP contribution in [0.15, 0.2) is 0 Å². The molecule has 0 aromatic heterocycles. The van der Waals surface area contributed by atoms with Crippen molar-refractivity contribution in [3.63, 3.8) is 0 Å². The third-order valence-electron chi connectivity index (χ3n) is 3.29. The summed E-state index contributed by atoms with van der Waals surface area (Å²) >= 11 is 1.94. The Bertz CT molecular complexity index is 295. The van der Waals surface area contributed by atoms with Gasteiger partial charge in [0.25, 0.3) is 0 Å². The molecule has 3 nitrogen and oxygen atoms in total. The van der Waals surface area contributed by atoms with E-state index in [2.05, 4.69) is 11.6 Å². The summed E-state index contributed by atoms with van der Waals surface area (Å²) in [7, 11) is -2.82. The maximum atomic E-state index is 11.0. The first kappa shape index (κ1) is 14.3. The molecule has 0 aromatic rings. The van der Waals surface area contributed by atoms with E-state index >= 15 is 0 Å². The van der Waals surface area contributed by atoms with Crippen molar-refractivity contribution in [2.24, 2.45) is 0 Å². The lowest BCUT2D eigenvalue weighted by Crippen LogP contribution is -2.40. The molecule has 0 bridgehead atoms. The SMILES string of the molecule is CSC1(CNCCS(C)(=O)=O)CCCCC1. The summed E-state index contributed by atoms with van der Waals surface area (Å²) in [6, 6.07) is 0. The summed E-state index contributed by atoms with van der Waals surface area (Å²) in [5, 5.41) is 3.30. The fourth-order valence-electron chi connectivity index (χ4n) is 2.22. The molecule has 1 fully saturated rings. The van der Waals surface area contributed by atoms with Crippen LogP contribution in [0.4, 0.5) is 0 Å². The standard InChI is InChI=1S/C11H23NO2S2/c1-15-11(6-4-3-5-7-11)10-12-8-9-16(2,13)14/h12H,3-10H2,1-2H3. The molecule has 0 unspecified atom stereocenters. The molecule has 1 aliphatic carbocycles. The first-order valence-electron chi connectivity index (χ1n) is 5.91. The van der Waals surface area contributed by atoms with Crippen LogP contribution in [0.1, 0.15) is 32.1 Å². The van der Waals surface area contributed by atoms with Crippen molar-refractivity contribution < 1.29 is 8.42 Å². The van der Waals surface area contributed by atoms with Gasteiger partial charge < -0.3 is 5.32 Å². The second-order valence-electron chi connectivity index (χ2n) is 4.75. The second-order valence-corrected chi connectivity index (χ2v) is 8.29. The van der Waals surface area contributed by atoms with E-state index in [0.29, 0.717) is 11.3 Å². The predicted molar refractivity (Wildman–Crippen MR) is 71.9 cm³/mol. The Hall–Kier alpha value is 0.260. The summed E-state index contributed by atoms with van der Waals surface area (Å²) < 4.78 is 22.3. The molecule has 0 heterocycles. The van der Waals surface area contributed by atoms with Crippen LogP contribution in [0, 0.1) is 0 Å². The van der Waals surface area contributed by atoms with Crippen LogP contribution in [0.3, 0.4) is 0 Å². The van der Waals surface area contributed by atoms with Crippen LogP contribution in [-0.4, -0.2) is 44.5 Å². The largest absolute Gasteiger partial charge is 0.314 e. The van der Waals surface area contributed by atoms with Crippen LogP contribution >= 0.6 is 11.8 Å². The molecule has 0 amide bonds. The van der Waals surface area contributed by atoms with Crippen molar-refractivity contribution in [1.82, 2.24) is 5.32 Å². The van der Waals surface area contributed by atoms with Crippen molar-refractivity contribution in [1.29, 1.82) is 0 Å². The number of sulfone groups is 1. The van der Waals surface area contributed by atoms with E-state index in [1.54, 1.807) is 0 Å². The van der Waals surface area contributed by atoms with Crippen LogP contribution in [0.25, 0.3) is 0 Å². The van der Waals surface area contributed by atoms with Crippen LogP contribution in [-0.2, 0) is 9.84 Å². The first-order valence-corrected chi connectivity index (χ1v) is 9.20. The Morgan fingerprint density at radius 1 is 1.25 bits per heavy atom. The smallest absolute Gasteiger partial charge is 0.148 e. The third-order valence-corrected chi connectivity index (χ3v) is 5.66.